The van der Waals surface area contributed by atoms with Crippen molar-refractivity contribution in [3.05, 3.63) is 35.9 Å². The Hall–Kier alpha value is -1.97. The molecule has 0 saturated heterocycles. The van der Waals surface area contributed by atoms with Crippen molar-refractivity contribution in [1.29, 1.82) is 0 Å². The molecule has 3 atom stereocenters. The molecule has 1 aromatic carbocycles. The Labute approximate surface area is 125 Å². The number of hydrogen-bond donors (Lipinski definition) is 1. The molecule has 0 radical (unpaired) electrons. The zero-order valence-electron chi connectivity index (χ0n) is 12.5. The Morgan fingerprint density at radius 3 is 2.62 bits per heavy atom. The number of amides is 1. The molecule has 4 nitrogen and oxygen atoms in total. The maximum Gasteiger partial charge on any atom is 0.224 e. The van der Waals surface area contributed by atoms with E-state index in [1.165, 1.54) is 6.42 Å². The SMILES string of the molecule is COc1ccc(CC(=O)NC2CC3C=CC2C3)cc1OC. The van der Waals surface area contributed by atoms with E-state index in [4.69, 9.17) is 9.47 Å². The van der Waals surface area contributed by atoms with Crippen LogP contribution in [-0.4, -0.2) is 26.2 Å². The third kappa shape index (κ3) is 2.89. The van der Waals surface area contributed by atoms with Crippen molar-refractivity contribution >= 4 is 5.91 Å². The van der Waals surface area contributed by atoms with Crippen LogP contribution in [0, 0.1) is 11.8 Å². The van der Waals surface area contributed by atoms with E-state index in [0.717, 1.165) is 12.0 Å². The summed E-state index contributed by atoms with van der Waals surface area (Å²) in [7, 11) is 3.20. The topological polar surface area (TPSA) is 47.6 Å². The van der Waals surface area contributed by atoms with Gasteiger partial charge in [-0.25, -0.2) is 0 Å². The molecule has 1 aromatic rings. The highest BCUT2D eigenvalue weighted by Gasteiger charge is 2.36. The average Bonchev–Trinajstić information content (AvgIpc) is 3.09. The first kappa shape index (κ1) is 14.0. The van der Waals surface area contributed by atoms with E-state index in [1.54, 1.807) is 14.2 Å². The van der Waals surface area contributed by atoms with Gasteiger partial charge in [0.25, 0.3) is 0 Å². The second-order valence-electron chi connectivity index (χ2n) is 5.82. The number of hydrogen-bond acceptors (Lipinski definition) is 3. The van der Waals surface area contributed by atoms with Crippen molar-refractivity contribution in [2.75, 3.05) is 14.2 Å². The molecule has 0 heterocycles. The smallest absolute Gasteiger partial charge is 0.224 e. The van der Waals surface area contributed by atoms with Gasteiger partial charge in [-0.05, 0) is 42.4 Å². The highest BCUT2D eigenvalue weighted by molar-refractivity contribution is 5.79. The summed E-state index contributed by atoms with van der Waals surface area (Å²) in [6.45, 7) is 0. The lowest BCUT2D eigenvalue weighted by molar-refractivity contribution is -0.121. The minimum atomic E-state index is 0.0770. The van der Waals surface area contributed by atoms with E-state index in [2.05, 4.69) is 17.5 Å². The zero-order chi connectivity index (χ0) is 14.8. The Bertz CT molecular complexity index is 567. The quantitative estimate of drug-likeness (QED) is 0.846. The Morgan fingerprint density at radius 2 is 2.00 bits per heavy atom. The van der Waals surface area contributed by atoms with E-state index < -0.39 is 0 Å². The van der Waals surface area contributed by atoms with Crippen molar-refractivity contribution in [3.63, 3.8) is 0 Å². The molecule has 0 spiro atoms. The molecule has 0 aliphatic heterocycles. The molecule has 1 amide bonds. The Morgan fingerprint density at radius 1 is 1.19 bits per heavy atom. The van der Waals surface area contributed by atoms with Crippen LogP contribution >= 0.6 is 0 Å². The largest absolute Gasteiger partial charge is 0.493 e. The van der Waals surface area contributed by atoms with Gasteiger partial charge in [0.05, 0.1) is 20.6 Å². The number of methoxy groups -OCH3 is 2. The highest BCUT2D eigenvalue weighted by atomic mass is 16.5. The predicted molar refractivity (Wildman–Crippen MR) is 80.5 cm³/mol. The Kier molecular flexibility index (Phi) is 3.86. The normalized spacial score (nSPS) is 25.9. The number of benzene rings is 1. The summed E-state index contributed by atoms with van der Waals surface area (Å²) in [5.74, 6) is 2.62. The summed E-state index contributed by atoms with van der Waals surface area (Å²) >= 11 is 0. The van der Waals surface area contributed by atoms with Gasteiger partial charge >= 0.3 is 0 Å². The lowest BCUT2D eigenvalue weighted by atomic mass is 10.0. The number of carbonyl (C=O) groups is 1. The van der Waals surface area contributed by atoms with Crippen LogP contribution in [0.25, 0.3) is 0 Å². The minimum absolute atomic E-state index is 0.0770. The van der Waals surface area contributed by atoms with Crippen molar-refractivity contribution in [2.24, 2.45) is 11.8 Å². The predicted octanol–water partition coefficient (Wildman–Crippen LogP) is 2.33. The molecule has 2 aliphatic rings. The standard InChI is InChI=1S/C17H21NO3/c1-20-15-6-4-12(9-16(15)21-2)10-17(19)18-14-8-11-3-5-13(14)7-11/h3-6,9,11,13-14H,7-8,10H2,1-2H3,(H,18,19). The van der Waals surface area contributed by atoms with Crippen LogP contribution in [0.1, 0.15) is 18.4 Å². The molecule has 1 saturated carbocycles. The van der Waals surface area contributed by atoms with Crippen LogP contribution in [-0.2, 0) is 11.2 Å². The van der Waals surface area contributed by atoms with Crippen molar-refractivity contribution in [1.82, 2.24) is 5.32 Å². The molecule has 3 rings (SSSR count). The fourth-order valence-corrected chi connectivity index (χ4v) is 3.38. The van der Waals surface area contributed by atoms with Crippen LogP contribution < -0.4 is 14.8 Å². The van der Waals surface area contributed by atoms with E-state index in [9.17, 15) is 4.79 Å². The molecule has 2 bridgehead atoms. The van der Waals surface area contributed by atoms with Crippen LogP contribution in [0.5, 0.6) is 11.5 Å². The fraction of sp³-hybridized carbons (Fsp3) is 0.471. The fourth-order valence-electron chi connectivity index (χ4n) is 3.38. The van der Waals surface area contributed by atoms with Gasteiger partial charge in [0, 0.05) is 6.04 Å². The van der Waals surface area contributed by atoms with Gasteiger partial charge in [0.2, 0.25) is 5.91 Å². The maximum atomic E-state index is 12.2. The van der Waals surface area contributed by atoms with Gasteiger partial charge in [0.1, 0.15) is 0 Å². The molecule has 4 heteroatoms. The summed E-state index contributed by atoms with van der Waals surface area (Å²) in [6.07, 6.45) is 7.18. The maximum absolute atomic E-state index is 12.2. The zero-order valence-corrected chi connectivity index (χ0v) is 12.5. The first-order valence-corrected chi connectivity index (χ1v) is 7.38. The summed E-state index contributed by atoms with van der Waals surface area (Å²) in [5, 5.41) is 3.16. The highest BCUT2D eigenvalue weighted by Crippen LogP contribution is 2.39. The number of carbonyl (C=O) groups excluding carboxylic acids is 1. The van der Waals surface area contributed by atoms with Crippen LogP contribution in [0.3, 0.4) is 0 Å². The van der Waals surface area contributed by atoms with Gasteiger partial charge in [-0.15, -0.1) is 0 Å². The van der Waals surface area contributed by atoms with Crippen molar-refractivity contribution in [2.45, 2.75) is 25.3 Å². The van der Waals surface area contributed by atoms with Gasteiger partial charge in [-0.2, -0.15) is 0 Å². The van der Waals surface area contributed by atoms with Crippen LogP contribution in [0.2, 0.25) is 0 Å². The summed E-state index contributed by atoms with van der Waals surface area (Å²) in [4.78, 5) is 12.2. The van der Waals surface area contributed by atoms with Crippen LogP contribution in [0.15, 0.2) is 30.4 Å². The third-order valence-corrected chi connectivity index (χ3v) is 4.44. The molecule has 1 N–H and O–H groups in total. The summed E-state index contributed by atoms with van der Waals surface area (Å²) in [6, 6.07) is 5.91. The summed E-state index contributed by atoms with van der Waals surface area (Å²) in [5.41, 5.74) is 0.934. The van der Waals surface area contributed by atoms with Crippen molar-refractivity contribution < 1.29 is 14.3 Å². The molecule has 0 aromatic heterocycles. The monoisotopic (exact) mass is 287 g/mol. The molecule has 2 aliphatic carbocycles. The lowest BCUT2D eigenvalue weighted by Crippen LogP contribution is -2.38. The number of fused-ring (bicyclic) bond motifs is 2. The van der Waals surface area contributed by atoms with Gasteiger partial charge < -0.3 is 14.8 Å². The molecule has 112 valence electrons. The molecular weight excluding hydrogens is 266 g/mol. The number of allylic oxidation sites excluding steroid dienone is 1. The second kappa shape index (κ2) is 5.80. The van der Waals surface area contributed by atoms with Gasteiger partial charge in [-0.3, -0.25) is 4.79 Å². The van der Waals surface area contributed by atoms with E-state index in [-0.39, 0.29) is 5.91 Å². The molecule has 21 heavy (non-hydrogen) atoms. The molecular formula is C17H21NO3. The van der Waals surface area contributed by atoms with E-state index >= 15 is 0 Å². The lowest BCUT2D eigenvalue weighted by Gasteiger charge is -2.19. The Balaban J connectivity index is 1.61. The van der Waals surface area contributed by atoms with E-state index in [1.807, 2.05) is 18.2 Å². The van der Waals surface area contributed by atoms with E-state index in [0.29, 0.717) is 35.8 Å². The van der Waals surface area contributed by atoms with Gasteiger partial charge in [0.15, 0.2) is 11.5 Å². The number of nitrogens with one attached hydrogen (secondary N) is 1. The second-order valence-corrected chi connectivity index (χ2v) is 5.82. The number of ether oxygens (including phenoxy) is 2. The first-order chi connectivity index (χ1) is 10.2. The first-order valence-electron chi connectivity index (χ1n) is 7.38. The molecule has 1 fully saturated rings. The minimum Gasteiger partial charge on any atom is -0.493 e. The third-order valence-electron chi connectivity index (χ3n) is 4.44. The van der Waals surface area contributed by atoms with Crippen LogP contribution in [0.4, 0.5) is 0 Å². The van der Waals surface area contributed by atoms with Crippen molar-refractivity contribution in [3.8, 4) is 11.5 Å². The molecule has 3 unspecified atom stereocenters. The summed E-state index contributed by atoms with van der Waals surface area (Å²) < 4.78 is 10.5. The van der Waals surface area contributed by atoms with Gasteiger partial charge in [-0.1, -0.05) is 18.2 Å². The average molecular weight is 287 g/mol. The number of rotatable bonds is 5.